The number of aromatic nitrogens is 5. The molecule has 11 heteroatoms. The van der Waals surface area contributed by atoms with E-state index < -0.39 is 12.8 Å². The lowest BCUT2D eigenvalue weighted by molar-refractivity contribution is -0.0794. The Morgan fingerprint density at radius 1 is 1.22 bits per heavy atom. The number of methoxy groups -OCH3 is 1. The number of fused-ring (bicyclic) bond motifs is 2. The second kappa shape index (κ2) is 9.29. The predicted molar refractivity (Wildman–Crippen MR) is 132 cm³/mol. The van der Waals surface area contributed by atoms with Gasteiger partial charge in [0.1, 0.15) is 24.2 Å². The number of hydrogen-bond donors (Lipinski definition) is 1. The molecule has 190 valence electrons. The van der Waals surface area contributed by atoms with Crippen LogP contribution in [0.25, 0.3) is 27.7 Å². The van der Waals surface area contributed by atoms with Crippen molar-refractivity contribution in [2.24, 2.45) is 0 Å². The van der Waals surface area contributed by atoms with Crippen LogP contribution in [0.5, 0.6) is 5.88 Å². The smallest absolute Gasteiger partial charge is 0.244 e. The molecule has 0 bridgehead atoms. The number of ether oxygens (including phenoxy) is 2. The van der Waals surface area contributed by atoms with Crippen molar-refractivity contribution < 1.29 is 18.3 Å². The number of hydrogen-bond acceptors (Lipinski definition) is 7. The minimum Gasteiger partial charge on any atom is -0.479 e. The number of imidazole rings is 1. The van der Waals surface area contributed by atoms with Gasteiger partial charge in [-0.2, -0.15) is 4.98 Å². The van der Waals surface area contributed by atoms with Crippen molar-refractivity contribution in [2.75, 3.05) is 45.4 Å². The molecule has 4 aromatic rings. The largest absolute Gasteiger partial charge is 0.479 e. The van der Waals surface area contributed by atoms with E-state index in [0.717, 1.165) is 34.5 Å². The lowest BCUT2D eigenvalue weighted by atomic mass is 10.0. The Morgan fingerprint density at radius 2 is 2.08 bits per heavy atom. The van der Waals surface area contributed by atoms with E-state index in [9.17, 15) is 8.78 Å². The van der Waals surface area contributed by atoms with Crippen LogP contribution in [0.15, 0.2) is 30.5 Å². The zero-order chi connectivity index (χ0) is 24.8. The molecular formula is C25H29F2N7O2. The molecule has 2 aliphatic heterocycles. The highest BCUT2D eigenvalue weighted by Crippen LogP contribution is 2.33. The van der Waals surface area contributed by atoms with E-state index in [1.165, 1.54) is 0 Å². The summed E-state index contributed by atoms with van der Waals surface area (Å²) in [5.41, 5.74) is 4.19. The Hall–Kier alpha value is -3.31. The first-order chi connectivity index (χ1) is 17.6. The van der Waals surface area contributed by atoms with Crippen LogP contribution < -0.4 is 10.1 Å². The molecule has 0 saturated carbocycles. The van der Waals surface area contributed by atoms with Gasteiger partial charge in [-0.25, -0.2) is 18.3 Å². The number of nitrogens with one attached hydrogen (secondary N) is 1. The topological polar surface area (TPSA) is 81.7 Å². The zero-order valence-electron chi connectivity index (χ0n) is 20.3. The first kappa shape index (κ1) is 23.1. The third-order valence-electron chi connectivity index (χ3n) is 7.25. The SMILES string of the molecule is COc1nc(N[C@H]2CCN(C3COC3)C[C@@H]2F)nn2ccc(-c3ccc4nc(C)n(CCF)c4c3)c12. The minimum absolute atomic E-state index is 0.257. The summed E-state index contributed by atoms with van der Waals surface area (Å²) in [7, 11) is 1.56. The maximum Gasteiger partial charge on any atom is 0.244 e. The number of piperidine rings is 1. The molecule has 9 nitrogen and oxygen atoms in total. The molecule has 0 amide bonds. The van der Waals surface area contributed by atoms with Crippen LogP contribution in [0.1, 0.15) is 12.2 Å². The number of likely N-dealkylation sites (tertiary alicyclic amines) is 1. The third-order valence-corrected chi connectivity index (χ3v) is 7.25. The average Bonchev–Trinajstić information content (AvgIpc) is 3.40. The van der Waals surface area contributed by atoms with E-state index in [2.05, 4.69) is 25.3 Å². The standard InChI is InChI=1S/C25H29F2N7O2/c1-15-28-21-4-3-16(11-22(21)33(15)10-7-26)18-5-9-34-23(18)24(35-2)30-25(31-34)29-20-6-8-32(12-19(20)27)17-13-36-14-17/h3-5,9,11,17,19-20H,6-8,10,12-14H2,1-2H3,(H,29,31)/t19-,20-/m0/s1. The fourth-order valence-electron chi connectivity index (χ4n) is 5.23. The van der Waals surface area contributed by atoms with Gasteiger partial charge in [-0.3, -0.25) is 4.90 Å². The van der Waals surface area contributed by atoms with Crippen molar-refractivity contribution in [3.05, 3.63) is 36.3 Å². The summed E-state index contributed by atoms with van der Waals surface area (Å²) in [4.78, 5) is 11.3. The third kappa shape index (κ3) is 3.96. The van der Waals surface area contributed by atoms with Gasteiger partial charge in [-0.15, -0.1) is 5.10 Å². The molecular weight excluding hydrogens is 468 g/mol. The van der Waals surface area contributed by atoms with Gasteiger partial charge in [-0.05, 0) is 37.1 Å². The second-order valence-electron chi connectivity index (χ2n) is 9.41. The monoisotopic (exact) mass is 497 g/mol. The van der Waals surface area contributed by atoms with E-state index in [-0.39, 0.29) is 12.6 Å². The molecule has 0 aliphatic carbocycles. The number of anilines is 1. The summed E-state index contributed by atoms with van der Waals surface area (Å²) >= 11 is 0. The Labute approximate surface area is 207 Å². The molecule has 0 radical (unpaired) electrons. The van der Waals surface area contributed by atoms with Crippen LogP contribution in [-0.2, 0) is 11.3 Å². The summed E-state index contributed by atoms with van der Waals surface area (Å²) in [6.07, 6.45) is 1.46. The van der Waals surface area contributed by atoms with Crippen LogP contribution in [0.2, 0.25) is 0 Å². The quantitative estimate of drug-likeness (QED) is 0.420. The van der Waals surface area contributed by atoms with Crippen molar-refractivity contribution >= 4 is 22.5 Å². The van der Waals surface area contributed by atoms with Crippen molar-refractivity contribution in [2.45, 2.75) is 38.1 Å². The fourth-order valence-corrected chi connectivity index (χ4v) is 5.23. The van der Waals surface area contributed by atoms with Gasteiger partial charge in [-0.1, -0.05) is 6.07 Å². The first-order valence-electron chi connectivity index (χ1n) is 12.2. The Bertz CT molecular complexity index is 1400. The maximum absolute atomic E-state index is 15.0. The van der Waals surface area contributed by atoms with E-state index >= 15 is 0 Å². The van der Waals surface area contributed by atoms with Crippen LogP contribution in [-0.4, -0.2) is 87.4 Å². The van der Waals surface area contributed by atoms with E-state index in [1.807, 2.05) is 42.0 Å². The Balaban J connectivity index is 1.29. The summed E-state index contributed by atoms with van der Waals surface area (Å²) in [5.74, 6) is 1.48. The highest BCUT2D eigenvalue weighted by Gasteiger charge is 2.35. The molecule has 36 heavy (non-hydrogen) atoms. The summed E-state index contributed by atoms with van der Waals surface area (Å²) in [6.45, 7) is 4.22. The molecule has 1 N–H and O–H groups in total. The van der Waals surface area contributed by atoms with E-state index in [0.29, 0.717) is 49.6 Å². The van der Waals surface area contributed by atoms with Gasteiger partial charge in [0.05, 0.1) is 50.0 Å². The maximum atomic E-state index is 15.0. The molecule has 0 unspecified atom stereocenters. The van der Waals surface area contributed by atoms with Crippen LogP contribution >= 0.6 is 0 Å². The summed E-state index contributed by atoms with van der Waals surface area (Å²) < 4.78 is 42.6. The molecule has 1 aromatic carbocycles. The lowest BCUT2D eigenvalue weighted by Crippen LogP contribution is -2.57. The molecule has 0 spiro atoms. The van der Waals surface area contributed by atoms with E-state index in [1.54, 1.807) is 11.6 Å². The molecule has 2 atom stereocenters. The van der Waals surface area contributed by atoms with Gasteiger partial charge in [0, 0.05) is 24.8 Å². The van der Waals surface area contributed by atoms with Gasteiger partial charge < -0.3 is 19.4 Å². The number of benzene rings is 1. The Morgan fingerprint density at radius 3 is 2.81 bits per heavy atom. The second-order valence-corrected chi connectivity index (χ2v) is 9.41. The molecule has 2 aliphatic rings. The van der Waals surface area contributed by atoms with Crippen molar-refractivity contribution in [3.8, 4) is 17.0 Å². The number of nitrogens with zero attached hydrogens (tertiary/aromatic N) is 6. The van der Waals surface area contributed by atoms with Crippen LogP contribution in [0, 0.1) is 6.92 Å². The highest BCUT2D eigenvalue weighted by molar-refractivity contribution is 5.89. The van der Waals surface area contributed by atoms with Crippen molar-refractivity contribution in [1.29, 1.82) is 0 Å². The number of rotatable bonds is 7. The first-order valence-corrected chi connectivity index (χ1v) is 12.2. The van der Waals surface area contributed by atoms with Crippen LogP contribution in [0.4, 0.5) is 14.7 Å². The highest BCUT2D eigenvalue weighted by atomic mass is 19.1. The number of aryl methyl sites for hydroxylation is 2. The van der Waals surface area contributed by atoms with E-state index in [4.69, 9.17) is 9.47 Å². The molecule has 2 fully saturated rings. The molecule has 2 saturated heterocycles. The number of halogens is 2. The average molecular weight is 498 g/mol. The Kier molecular flexibility index (Phi) is 5.96. The normalized spacial score (nSPS) is 21.2. The predicted octanol–water partition coefficient (Wildman–Crippen LogP) is 3.26. The number of alkyl halides is 2. The van der Waals surface area contributed by atoms with Crippen LogP contribution in [0.3, 0.4) is 0 Å². The summed E-state index contributed by atoms with van der Waals surface area (Å²) in [6, 6.07) is 7.81. The van der Waals surface area contributed by atoms with Crippen molar-refractivity contribution in [1.82, 2.24) is 29.0 Å². The molecule has 3 aromatic heterocycles. The molecule has 5 heterocycles. The van der Waals surface area contributed by atoms with Gasteiger partial charge in [0.25, 0.3) is 0 Å². The van der Waals surface area contributed by atoms with Gasteiger partial charge >= 0.3 is 0 Å². The minimum atomic E-state index is -1.03. The molecule has 6 rings (SSSR count). The summed E-state index contributed by atoms with van der Waals surface area (Å²) in [5, 5.41) is 7.79. The van der Waals surface area contributed by atoms with Gasteiger partial charge in [0.15, 0.2) is 0 Å². The van der Waals surface area contributed by atoms with Crippen molar-refractivity contribution in [3.63, 3.8) is 0 Å². The lowest BCUT2D eigenvalue weighted by Gasteiger charge is -2.42. The van der Waals surface area contributed by atoms with Gasteiger partial charge in [0.2, 0.25) is 11.8 Å². The fraction of sp³-hybridized carbons (Fsp3) is 0.480. The zero-order valence-corrected chi connectivity index (χ0v) is 20.3.